The maximum absolute atomic E-state index is 14.7. The molecule has 1 atom stereocenters. The summed E-state index contributed by atoms with van der Waals surface area (Å²) in [5.41, 5.74) is -0.0717. The second kappa shape index (κ2) is 5.94. The topological polar surface area (TPSA) is 64.8 Å². The lowest BCUT2D eigenvalue weighted by Crippen LogP contribution is -2.58. The van der Waals surface area contributed by atoms with Crippen molar-refractivity contribution < 1.29 is 18.8 Å². The molecule has 6 nitrogen and oxygen atoms in total. The van der Waals surface area contributed by atoms with E-state index in [4.69, 9.17) is 9.47 Å². The summed E-state index contributed by atoms with van der Waals surface area (Å²) in [6.07, 6.45) is 3.59. The molecule has 0 radical (unpaired) electrons. The van der Waals surface area contributed by atoms with E-state index in [0.29, 0.717) is 21.3 Å². The molecule has 0 aromatic heterocycles. The van der Waals surface area contributed by atoms with Crippen LogP contribution in [0, 0.1) is 15.9 Å². The Labute approximate surface area is 169 Å². The molecule has 0 aliphatic carbocycles. The first-order valence-electron chi connectivity index (χ1n) is 8.61. The van der Waals surface area contributed by atoms with Gasteiger partial charge in [-0.05, 0) is 54.1 Å². The Morgan fingerprint density at radius 2 is 2.07 bits per heavy atom. The lowest BCUT2D eigenvalue weighted by atomic mass is 9.76. The molecule has 2 aliphatic heterocycles. The average molecular weight is 449 g/mol. The lowest BCUT2D eigenvalue weighted by molar-refractivity contribution is -0.385. The fourth-order valence-electron chi connectivity index (χ4n) is 4.25. The Kier molecular flexibility index (Phi) is 3.98. The van der Waals surface area contributed by atoms with E-state index in [0.717, 1.165) is 5.69 Å². The van der Waals surface area contributed by atoms with E-state index in [1.807, 2.05) is 37.9 Å². The zero-order chi connectivity index (χ0) is 20.4. The largest absolute Gasteiger partial charge is 0.493 e. The van der Waals surface area contributed by atoms with Crippen molar-refractivity contribution in [1.82, 2.24) is 0 Å². The summed E-state index contributed by atoms with van der Waals surface area (Å²) in [7, 11) is 3.27. The second-order valence-corrected chi connectivity index (χ2v) is 8.15. The van der Waals surface area contributed by atoms with Gasteiger partial charge in [0.1, 0.15) is 10.3 Å². The number of nitrogens with zero attached hydrogens (tertiary/aromatic N) is 2. The standard InChI is InChI=1S/C20H18BrFN2O4/c1-19(2)16-12(22)6-5-7-13(16)23(3)20(19)9-8-11-17(21)14(24(25)26)10-15(27-4)18(11)28-20/h5-10H,1-4H3. The summed E-state index contributed by atoms with van der Waals surface area (Å²) in [6.45, 7) is 3.83. The smallest absolute Gasteiger partial charge is 0.288 e. The van der Waals surface area contributed by atoms with E-state index in [-0.39, 0.29) is 17.3 Å². The monoisotopic (exact) mass is 448 g/mol. The van der Waals surface area contributed by atoms with Crippen molar-refractivity contribution in [3.8, 4) is 11.5 Å². The molecule has 4 rings (SSSR count). The molecule has 0 bridgehead atoms. The first-order valence-corrected chi connectivity index (χ1v) is 9.41. The fraction of sp³-hybridized carbons (Fsp3) is 0.300. The fourth-order valence-corrected chi connectivity index (χ4v) is 4.82. The molecule has 1 spiro atoms. The van der Waals surface area contributed by atoms with E-state index in [1.165, 1.54) is 19.2 Å². The number of fused-ring (bicyclic) bond motifs is 2. The van der Waals surface area contributed by atoms with E-state index in [9.17, 15) is 14.5 Å². The lowest BCUT2D eigenvalue weighted by Gasteiger charge is -2.46. The molecule has 2 heterocycles. The average Bonchev–Trinajstić information content (AvgIpc) is 2.81. The number of benzene rings is 2. The number of nitro benzene ring substituents is 1. The highest BCUT2D eigenvalue weighted by molar-refractivity contribution is 9.10. The van der Waals surface area contributed by atoms with Gasteiger partial charge >= 0.3 is 0 Å². The number of anilines is 1. The van der Waals surface area contributed by atoms with Crippen molar-refractivity contribution in [3.05, 3.63) is 61.9 Å². The van der Waals surface area contributed by atoms with Crippen LogP contribution in [-0.2, 0) is 5.41 Å². The molecular weight excluding hydrogens is 431 g/mol. The summed E-state index contributed by atoms with van der Waals surface area (Å²) in [6, 6.07) is 6.28. The van der Waals surface area contributed by atoms with Gasteiger partial charge in [-0.15, -0.1) is 0 Å². The van der Waals surface area contributed by atoms with Crippen LogP contribution in [0.2, 0.25) is 0 Å². The second-order valence-electron chi connectivity index (χ2n) is 7.36. The van der Waals surface area contributed by atoms with Gasteiger partial charge < -0.3 is 14.4 Å². The molecule has 1 unspecified atom stereocenters. The van der Waals surface area contributed by atoms with Crippen molar-refractivity contribution in [1.29, 1.82) is 0 Å². The number of methoxy groups -OCH3 is 1. The van der Waals surface area contributed by atoms with Crippen molar-refractivity contribution in [2.24, 2.45) is 0 Å². The minimum Gasteiger partial charge on any atom is -0.493 e. The summed E-state index contributed by atoms with van der Waals surface area (Å²) in [4.78, 5) is 12.8. The maximum atomic E-state index is 14.7. The van der Waals surface area contributed by atoms with Gasteiger partial charge in [0, 0.05) is 23.9 Å². The molecule has 0 fully saturated rings. The van der Waals surface area contributed by atoms with Crippen LogP contribution in [0.15, 0.2) is 34.8 Å². The first kappa shape index (κ1) is 18.7. The Balaban J connectivity index is 1.95. The van der Waals surface area contributed by atoms with Gasteiger partial charge in [-0.2, -0.15) is 0 Å². The Morgan fingerprint density at radius 3 is 2.68 bits per heavy atom. The van der Waals surface area contributed by atoms with E-state index in [2.05, 4.69) is 15.9 Å². The van der Waals surface area contributed by atoms with E-state index in [1.54, 1.807) is 12.1 Å². The summed E-state index contributed by atoms with van der Waals surface area (Å²) < 4.78 is 26.9. The van der Waals surface area contributed by atoms with Gasteiger partial charge in [-0.1, -0.05) is 6.07 Å². The molecule has 0 N–H and O–H groups in total. The highest BCUT2D eigenvalue weighted by Crippen LogP contribution is 2.57. The van der Waals surface area contributed by atoms with Crippen molar-refractivity contribution in [2.45, 2.75) is 25.0 Å². The summed E-state index contributed by atoms with van der Waals surface area (Å²) >= 11 is 3.31. The van der Waals surface area contributed by atoms with Gasteiger partial charge in [0.25, 0.3) is 5.69 Å². The van der Waals surface area contributed by atoms with Crippen LogP contribution in [0.3, 0.4) is 0 Å². The normalized spacial score (nSPS) is 21.3. The van der Waals surface area contributed by atoms with Crippen LogP contribution >= 0.6 is 15.9 Å². The van der Waals surface area contributed by atoms with Crippen LogP contribution in [-0.4, -0.2) is 24.8 Å². The van der Waals surface area contributed by atoms with Crippen LogP contribution in [0.4, 0.5) is 15.8 Å². The number of nitro groups is 1. The molecule has 0 saturated carbocycles. The number of hydrogen-bond acceptors (Lipinski definition) is 5. The molecule has 146 valence electrons. The minimum absolute atomic E-state index is 0.117. The molecule has 2 aromatic carbocycles. The molecular formula is C20H18BrFN2O4. The van der Waals surface area contributed by atoms with Crippen molar-refractivity contribution in [3.63, 3.8) is 0 Å². The van der Waals surface area contributed by atoms with E-state index >= 15 is 0 Å². The van der Waals surface area contributed by atoms with Gasteiger partial charge in [0.2, 0.25) is 5.72 Å². The number of halogens is 2. The highest BCUT2D eigenvalue weighted by Gasteiger charge is 2.59. The van der Waals surface area contributed by atoms with Crippen LogP contribution < -0.4 is 14.4 Å². The Morgan fingerprint density at radius 1 is 1.36 bits per heavy atom. The maximum Gasteiger partial charge on any atom is 0.288 e. The number of hydrogen-bond donors (Lipinski definition) is 0. The van der Waals surface area contributed by atoms with Gasteiger partial charge in [0.05, 0.1) is 23.5 Å². The molecule has 0 amide bonds. The summed E-state index contributed by atoms with van der Waals surface area (Å²) in [5.74, 6) is 0.315. The SMILES string of the molecule is COc1cc([N+](=O)[O-])c(Br)c2c1OC1(C=C2)N(C)c2cccc(F)c2C1(C)C. The molecule has 2 aliphatic rings. The number of ether oxygens (including phenoxy) is 2. The zero-order valence-corrected chi connectivity index (χ0v) is 17.3. The molecule has 2 aromatic rings. The van der Waals surface area contributed by atoms with Crippen LogP contribution in [0.1, 0.15) is 25.0 Å². The zero-order valence-electron chi connectivity index (χ0n) is 15.7. The van der Waals surface area contributed by atoms with Crippen molar-refractivity contribution in [2.75, 3.05) is 19.1 Å². The third-order valence-corrected chi connectivity index (χ3v) is 6.55. The van der Waals surface area contributed by atoms with Crippen molar-refractivity contribution >= 4 is 33.4 Å². The molecule has 0 saturated heterocycles. The number of likely N-dealkylation sites (N-methyl/N-ethyl adjacent to an activating group) is 1. The third-order valence-electron chi connectivity index (χ3n) is 5.72. The van der Waals surface area contributed by atoms with Gasteiger partial charge in [0.15, 0.2) is 11.5 Å². The highest BCUT2D eigenvalue weighted by atomic mass is 79.9. The molecule has 28 heavy (non-hydrogen) atoms. The predicted molar refractivity (Wildman–Crippen MR) is 108 cm³/mol. The summed E-state index contributed by atoms with van der Waals surface area (Å²) in [5, 5.41) is 11.4. The quantitative estimate of drug-likeness (QED) is 0.475. The predicted octanol–water partition coefficient (Wildman–Crippen LogP) is 5.03. The Bertz CT molecular complexity index is 1050. The first-order chi connectivity index (χ1) is 13.2. The van der Waals surface area contributed by atoms with Crippen LogP contribution in [0.25, 0.3) is 6.08 Å². The van der Waals surface area contributed by atoms with Gasteiger partial charge in [-0.3, -0.25) is 10.1 Å². The van der Waals surface area contributed by atoms with Crippen LogP contribution in [0.5, 0.6) is 11.5 Å². The molecule has 8 heteroatoms. The van der Waals surface area contributed by atoms with Gasteiger partial charge in [-0.25, -0.2) is 4.39 Å². The Hall–Kier alpha value is -2.61. The minimum atomic E-state index is -1.02. The number of rotatable bonds is 2. The third kappa shape index (κ3) is 2.18. The van der Waals surface area contributed by atoms with E-state index < -0.39 is 16.1 Å².